The number of benzene rings is 1. The first-order valence-electron chi connectivity index (χ1n) is 6.52. The molecule has 0 fully saturated rings. The van der Waals surface area contributed by atoms with Crippen LogP contribution in [0.3, 0.4) is 0 Å². The van der Waals surface area contributed by atoms with Crippen molar-refractivity contribution in [3.63, 3.8) is 0 Å². The van der Waals surface area contributed by atoms with Gasteiger partial charge in [-0.2, -0.15) is 0 Å². The molecule has 1 aromatic carbocycles. The zero-order chi connectivity index (χ0) is 15.4. The summed E-state index contributed by atoms with van der Waals surface area (Å²) in [6.07, 6.45) is 0.569. The molecule has 7 heteroatoms. The van der Waals surface area contributed by atoms with Gasteiger partial charge in [0.05, 0.1) is 6.54 Å². The van der Waals surface area contributed by atoms with Crippen LogP contribution in [0.5, 0.6) is 0 Å². The van der Waals surface area contributed by atoms with E-state index in [0.29, 0.717) is 22.4 Å². The Morgan fingerprint density at radius 3 is 2.67 bits per heavy atom. The quantitative estimate of drug-likeness (QED) is 0.769. The molecule has 0 aliphatic rings. The third kappa shape index (κ3) is 3.93. The van der Waals surface area contributed by atoms with Crippen molar-refractivity contribution < 1.29 is 4.79 Å². The smallest absolute Gasteiger partial charge is 0.245 e. The fourth-order valence-corrected chi connectivity index (χ4v) is 2.90. The average molecular weight is 344 g/mol. The molecule has 1 amide bonds. The molecule has 2 rings (SSSR count). The monoisotopic (exact) mass is 343 g/mol. The van der Waals surface area contributed by atoms with Gasteiger partial charge in [0.1, 0.15) is 10.4 Å². The van der Waals surface area contributed by atoms with E-state index in [0.717, 1.165) is 11.3 Å². The van der Waals surface area contributed by atoms with Gasteiger partial charge in [0.25, 0.3) is 0 Å². The van der Waals surface area contributed by atoms with Crippen LogP contribution in [-0.2, 0) is 11.3 Å². The van der Waals surface area contributed by atoms with Crippen molar-refractivity contribution in [1.29, 1.82) is 0 Å². The van der Waals surface area contributed by atoms with Gasteiger partial charge in [-0.15, -0.1) is 21.8 Å². The molecule has 0 N–H and O–H groups in total. The van der Waals surface area contributed by atoms with Gasteiger partial charge in [0.15, 0.2) is 0 Å². The van der Waals surface area contributed by atoms with Gasteiger partial charge in [0.2, 0.25) is 10.4 Å². The summed E-state index contributed by atoms with van der Waals surface area (Å²) >= 11 is 13.2. The van der Waals surface area contributed by atoms with Crippen molar-refractivity contribution in [2.24, 2.45) is 0 Å². The molecule has 1 atom stereocenters. The van der Waals surface area contributed by atoms with Gasteiger partial charge < -0.3 is 4.90 Å². The highest BCUT2D eigenvalue weighted by atomic mass is 35.5. The summed E-state index contributed by atoms with van der Waals surface area (Å²) in [5.41, 5.74) is 1.83. The maximum atomic E-state index is 12.6. The molecule has 2 aromatic rings. The number of aryl methyl sites for hydroxylation is 1. The number of amides is 1. The predicted molar refractivity (Wildman–Crippen MR) is 87.2 cm³/mol. The first kappa shape index (κ1) is 16.2. The van der Waals surface area contributed by atoms with Crippen LogP contribution in [0.15, 0.2) is 24.3 Å². The number of aromatic nitrogens is 2. The van der Waals surface area contributed by atoms with E-state index >= 15 is 0 Å². The number of nitrogens with zero attached hydrogens (tertiary/aromatic N) is 3. The van der Waals surface area contributed by atoms with Gasteiger partial charge in [-0.05, 0) is 36.6 Å². The van der Waals surface area contributed by atoms with Crippen LogP contribution in [0, 0.1) is 6.92 Å². The summed E-state index contributed by atoms with van der Waals surface area (Å²) in [7, 11) is 0. The van der Waals surface area contributed by atoms with Crippen molar-refractivity contribution >= 4 is 46.1 Å². The van der Waals surface area contributed by atoms with Gasteiger partial charge in [-0.25, -0.2) is 0 Å². The molecule has 1 unspecified atom stereocenters. The Bertz CT molecular complexity index is 632. The minimum atomic E-state index is -0.562. The normalized spacial score (nSPS) is 12.2. The molecular formula is C14H15Cl2N3OS. The van der Waals surface area contributed by atoms with Crippen LogP contribution >= 0.6 is 34.5 Å². The van der Waals surface area contributed by atoms with E-state index in [1.54, 1.807) is 4.90 Å². The van der Waals surface area contributed by atoms with Crippen molar-refractivity contribution in [2.45, 2.75) is 32.2 Å². The number of anilines is 1. The number of hydrogen-bond donors (Lipinski definition) is 0. The largest absolute Gasteiger partial charge is 0.304 e. The zero-order valence-corrected chi connectivity index (χ0v) is 14.0. The summed E-state index contributed by atoms with van der Waals surface area (Å²) in [6, 6.07) is 7.68. The Hall–Kier alpha value is -1.17. The second-order valence-electron chi connectivity index (χ2n) is 4.54. The number of alkyl halides is 1. The second kappa shape index (κ2) is 7.20. The summed E-state index contributed by atoms with van der Waals surface area (Å²) in [5.74, 6) is -0.139. The highest BCUT2D eigenvalue weighted by molar-refractivity contribution is 7.15. The lowest BCUT2D eigenvalue weighted by molar-refractivity contribution is -0.118. The zero-order valence-electron chi connectivity index (χ0n) is 11.7. The third-order valence-electron chi connectivity index (χ3n) is 3.03. The number of rotatable bonds is 5. The van der Waals surface area contributed by atoms with Crippen LogP contribution in [0.1, 0.15) is 23.9 Å². The van der Waals surface area contributed by atoms with E-state index in [1.165, 1.54) is 11.3 Å². The lowest BCUT2D eigenvalue weighted by Gasteiger charge is -2.25. The Kier molecular flexibility index (Phi) is 5.56. The lowest BCUT2D eigenvalue weighted by Crippen LogP contribution is -2.36. The molecule has 21 heavy (non-hydrogen) atoms. The Labute approximate surface area is 137 Å². The van der Waals surface area contributed by atoms with E-state index in [2.05, 4.69) is 10.2 Å². The minimum Gasteiger partial charge on any atom is -0.304 e. The summed E-state index contributed by atoms with van der Waals surface area (Å²) in [4.78, 5) is 14.2. The first-order chi connectivity index (χ1) is 10.0. The van der Waals surface area contributed by atoms with Crippen LogP contribution in [0.2, 0.25) is 4.47 Å². The van der Waals surface area contributed by atoms with Crippen molar-refractivity contribution in [1.82, 2.24) is 10.2 Å². The van der Waals surface area contributed by atoms with E-state index in [-0.39, 0.29) is 5.91 Å². The second-order valence-corrected chi connectivity index (χ2v) is 6.71. The van der Waals surface area contributed by atoms with Crippen LogP contribution in [0.25, 0.3) is 0 Å². The SMILES string of the molecule is CCC(Cl)C(=O)N(Cc1nnc(Cl)s1)c1ccccc1C. The number of carbonyl (C=O) groups is 1. The maximum absolute atomic E-state index is 12.6. The van der Waals surface area contributed by atoms with E-state index in [4.69, 9.17) is 23.2 Å². The van der Waals surface area contributed by atoms with Crippen LogP contribution in [-0.4, -0.2) is 21.5 Å². The highest BCUT2D eigenvalue weighted by Crippen LogP contribution is 2.26. The molecular weight excluding hydrogens is 329 g/mol. The van der Waals surface area contributed by atoms with Gasteiger partial charge >= 0.3 is 0 Å². The molecule has 0 radical (unpaired) electrons. The van der Waals surface area contributed by atoms with E-state index in [1.807, 2.05) is 38.1 Å². The average Bonchev–Trinajstić information content (AvgIpc) is 2.89. The molecule has 0 aliphatic heterocycles. The Morgan fingerprint density at radius 2 is 2.10 bits per heavy atom. The molecule has 1 aromatic heterocycles. The predicted octanol–water partition coefficient (Wildman–Crippen LogP) is 4.05. The Morgan fingerprint density at radius 1 is 1.38 bits per heavy atom. The van der Waals surface area contributed by atoms with E-state index < -0.39 is 5.38 Å². The molecule has 0 spiro atoms. The van der Waals surface area contributed by atoms with Gasteiger partial charge in [-0.1, -0.05) is 36.5 Å². The minimum absolute atomic E-state index is 0.139. The fourth-order valence-electron chi connectivity index (χ4n) is 1.92. The van der Waals surface area contributed by atoms with E-state index in [9.17, 15) is 4.79 Å². The molecule has 0 saturated carbocycles. The van der Waals surface area contributed by atoms with Crippen molar-refractivity contribution in [3.8, 4) is 0 Å². The van der Waals surface area contributed by atoms with Crippen LogP contribution < -0.4 is 4.90 Å². The molecule has 0 bridgehead atoms. The van der Waals surface area contributed by atoms with Gasteiger partial charge in [0, 0.05) is 5.69 Å². The van der Waals surface area contributed by atoms with Crippen LogP contribution in [0.4, 0.5) is 5.69 Å². The number of halogens is 2. The Balaban J connectivity index is 2.35. The maximum Gasteiger partial charge on any atom is 0.245 e. The molecule has 112 valence electrons. The molecule has 0 saturated heterocycles. The lowest BCUT2D eigenvalue weighted by atomic mass is 10.1. The number of carbonyl (C=O) groups excluding carboxylic acids is 1. The van der Waals surface area contributed by atoms with Crippen molar-refractivity contribution in [2.75, 3.05) is 4.90 Å². The summed E-state index contributed by atoms with van der Waals surface area (Å²) in [5, 5.41) is 7.87. The third-order valence-corrected chi connectivity index (χ3v) is 4.53. The number of hydrogen-bond acceptors (Lipinski definition) is 4. The van der Waals surface area contributed by atoms with Crippen molar-refractivity contribution in [3.05, 3.63) is 39.3 Å². The van der Waals surface area contributed by atoms with Gasteiger partial charge in [-0.3, -0.25) is 4.79 Å². The standard InChI is InChI=1S/C14H15Cl2N3OS/c1-3-10(15)13(20)19(8-12-17-18-14(16)21-12)11-7-5-4-6-9(11)2/h4-7,10H,3,8H2,1-2H3. The number of para-hydroxylation sites is 1. The molecule has 4 nitrogen and oxygen atoms in total. The molecule has 0 aliphatic carbocycles. The fraction of sp³-hybridized carbons (Fsp3) is 0.357. The topological polar surface area (TPSA) is 46.1 Å². The first-order valence-corrected chi connectivity index (χ1v) is 8.15. The molecule has 1 heterocycles. The highest BCUT2D eigenvalue weighted by Gasteiger charge is 2.24. The summed E-state index contributed by atoms with van der Waals surface area (Å²) in [6.45, 7) is 4.16. The summed E-state index contributed by atoms with van der Waals surface area (Å²) < 4.78 is 0.361.